The Labute approximate surface area is 116 Å². The highest BCUT2D eigenvalue weighted by molar-refractivity contribution is 9.11. The lowest BCUT2D eigenvalue weighted by Crippen LogP contribution is -2.00. The van der Waals surface area contributed by atoms with Crippen LogP contribution >= 0.6 is 31.9 Å². The number of hydrogen-bond donors (Lipinski definition) is 2. The highest BCUT2D eigenvalue weighted by atomic mass is 79.9. The topological polar surface area (TPSA) is 49.8 Å². The summed E-state index contributed by atoms with van der Waals surface area (Å²) in [6, 6.07) is 7.88. The van der Waals surface area contributed by atoms with Crippen LogP contribution in [-0.2, 0) is 0 Å². The summed E-state index contributed by atoms with van der Waals surface area (Å²) in [6.07, 6.45) is 1.51. The average Bonchev–Trinajstić information content (AvgIpc) is 2.35. The van der Waals surface area contributed by atoms with Crippen LogP contribution in [0.1, 0.15) is 0 Å². The first-order valence-corrected chi connectivity index (χ1v) is 6.50. The molecular formula is C11H10Br2N4. The lowest BCUT2D eigenvalue weighted by Gasteiger charge is -2.09. The number of rotatable bonds is 3. The second-order valence-electron chi connectivity index (χ2n) is 3.27. The van der Waals surface area contributed by atoms with Gasteiger partial charge in [-0.3, -0.25) is 0 Å². The van der Waals surface area contributed by atoms with E-state index in [0.29, 0.717) is 0 Å². The summed E-state index contributed by atoms with van der Waals surface area (Å²) in [7, 11) is 1.82. The van der Waals surface area contributed by atoms with Crippen LogP contribution in [0.5, 0.6) is 0 Å². The van der Waals surface area contributed by atoms with Gasteiger partial charge in [0.15, 0.2) is 0 Å². The first-order valence-electron chi connectivity index (χ1n) is 4.91. The van der Waals surface area contributed by atoms with Crippen LogP contribution in [0.3, 0.4) is 0 Å². The van der Waals surface area contributed by atoms with Gasteiger partial charge >= 0.3 is 0 Å². The third kappa shape index (κ3) is 2.95. The van der Waals surface area contributed by atoms with Crippen LogP contribution in [0.25, 0.3) is 0 Å². The van der Waals surface area contributed by atoms with Crippen molar-refractivity contribution in [3.63, 3.8) is 0 Å². The molecule has 2 aromatic rings. The van der Waals surface area contributed by atoms with Crippen molar-refractivity contribution in [3.05, 3.63) is 39.5 Å². The van der Waals surface area contributed by atoms with Crippen molar-refractivity contribution in [2.45, 2.75) is 0 Å². The van der Waals surface area contributed by atoms with E-state index in [4.69, 9.17) is 0 Å². The maximum atomic E-state index is 4.18. The molecule has 0 atom stereocenters. The molecule has 0 fully saturated rings. The summed E-state index contributed by atoms with van der Waals surface area (Å²) in [6.45, 7) is 0. The summed E-state index contributed by atoms with van der Waals surface area (Å²) in [4.78, 5) is 8.28. The van der Waals surface area contributed by atoms with Gasteiger partial charge in [-0.1, -0.05) is 15.9 Å². The van der Waals surface area contributed by atoms with E-state index in [1.807, 2.05) is 31.3 Å². The molecule has 0 aliphatic heterocycles. The Balaban J connectivity index is 2.27. The summed E-state index contributed by atoms with van der Waals surface area (Å²) < 4.78 is 1.85. The third-order valence-corrected chi connectivity index (χ3v) is 3.41. The SMILES string of the molecule is CNc1ncnc(Nc2ccc(Br)cc2)c1Br. The van der Waals surface area contributed by atoms with Crippen molar-refractivity contribution in [3.8, 4) is 0 Å². The number of hydrogen-bond acceptors (Lipinski definition) is 4. The van der Waals surface area contributed by atoms with Gasteiger partial charge in [0.1, 0.15) is 22.4 Å². The van der Waals surface area contributed by atoms with Crippen molar-refractivity contribution >= 4 is 49.2 Å². The molecule has 0 amide bonds. The third-order valence-electron chi connectivity index (χ3n) is 2.13. The van der Waals surface area contributed by atoms with E-state index in [1.54, 1.807) is 0 Å². The molecule has 0 unspecified atom stereocenters. The van der Waals surface area contributed by atoms with Gasteiger partial charge in [-0.25, -0.2) is 9.97 Å². The molecule has 0 aliphatic carbocycles. The minimum Gasteiger partial charge on any atom is -0.372 e. The number of anilines is 3. The minimum atomic E-state index is 0.728. The molecule has 1 heterocycles. The lowest BCUT2D eigenvalue weighted by molar-refractivity contribution is 1.14. The molecule has 0 saturated carbocycles. The van der Waals surface area contributed by atoms with Gasteiger partial charge in [0.05, 0.1) is 0 Å². The molecular weight excluding hydrogens is 348 g/mol. The van der Waals surface area contributed by atoms with Crippen molar-refractivity contribution in [1.29, 1.82) is 0 Å². The normalized spacial score (nSPS) is 10.1. The Bertz CT molecular complexity index is 513. The Kier molecular flexibility index (Phi) is 3.96. The standard InChI is InChI=1S/C11H10Br2N4/c1-14-10-9(13)11(16-6-15-10)17-8-4-2-7(12)3-5-8/h2-6H,1H3,(H2,14,15,16,17). The Morgan fingerprint density at radius 2 is 1.65 bits per heavy atom. The van der Waals surface area contributed by atoms with Crippen LogP contribution in [0.2, 0.25) is 0 Å². The monoisotopic (exact) mass is 356 g/mol. The fraction of sp³-hybridized carbons (Fsp3) is 0.0909. The molecule has 6 heteroatoms. The minimum absolute atomic E-state index is 0.728. The quantitative estimate of drug-likeness (QED) is 0.877. The number of nitrogens with one attached hydrogen (secondary N) is 2. The lowest BCUT2D eigenvalue weighted by atomic mass is 10.3. The van der Waals surface area contributed by atoms with Crippen molar-refractivity contribution in [1.82, 2.24) is 9.97 Å². The van der Waals surface area contributed by atoms with E-state index in [9.17, 15) is 0 Å². The molecule has 0 spiro atoms. The zero-order chi connectivity index (χ0) is 12.3. The zero-order valence-corrected chi connectivity index (χ0v) is 12.2. The second-order valence-corrected chi connectivity index (χ2v) is 4.98. The smallest absolute Gasteiger partial charge is 0.150 e. The zero-order valence-electron chi connectivity index (χ0n) is 9.04. The number of halogens is 2. The van der Waals surface area contributed by atoms with Crippen molar-refractivity contribution in [2.24, 2.45) is 0 Å². The molecule has 4 nitrogen and oxygen atoms in total. The van der Waals surface area contributed by atoms with E-state index < -0.39 is 0 Å². The molecule has 88 valence electrons. The largest absolute Gasteiger partial charge is 0.372 e. The van der Waals surface area contributed by atoms with Crippen LogP contribution < -0.4 is 10.6 Å². The molecule has 2 N–H and O–H groups in total. The fourth-order valence-electron chi connectivity index (χ4n) is 1.30. The van der Waals surface area contributed by atoms with E-state index in [2.05, 4.69) is 52.5 Å². The highest BCUT2D eigenvalue weighted by Crippen LogP contribution is 2.28. The summed E-state index contributed by atoms with van der Waals surface area (Å²) in [5.74, 6) is 1.48. The van der Waals surface area contributed by atoms with E-state index in [-0.39, 0.29) is 0 Å². The van der Waals surface area contributed by atoms with Gasteiger partial charge in [0, 0.05) is 17.2 Å². The van der Waals surface area contributed by atoms with Crippen LogP contribution in [-0.4, -0.2) is 17.0 Å². The molecule has 0 saturated heterocycles. The number of aromatic nitrogens is 2. The predicted molar refractivity (Wildman–Crippen MR) is 76.7 cm³/mol. The van der Waals surface area contributed by atoms with Crippen LogP contribution in [0.4, 0.5) is 17.3 Å². The summed E-state index contributed by atoms with van der Waals surface area (Å²) in [5, 5.41) is 6.20. The van der Waals surface area contributed by atoms with Gasteiger partial charge < -0.3 is 10.6 Å². The van der Waals surface area contributed by atoms with Gasteiger partial charge in [-0.15, -0.1) is 0 Å². The number of nitrogens with zero attached hydrogens (tertiary/aromatic N) is 2. The molecule has 1 aromatic carbocycles. The Morgan fingerprint density at radius 3 is 2.29 bits per heavy atom. The van der Waals surface area contributed by atoms with E-state index in [0.717, 1.165) is 26.3 Å². The highest BCUT2D eigenvalue weighted by Gasteiger charge is 2.07. The predicted octanol–water partition coefficient (Wildman–Crippen LogP) is 3.79. The van der Waals surface area contributed by atoms with Crippen molar-refractivity contribution < 1.29 is 0 Å². The molecule has 2 rings (SSSR count). The first kappa shape index (κ1) is 12.3. The van der Waals surface area contributed by atoms with Gasteiger partial charge in [-0.2, -0.15) is 0 Å². The van der Waals surface area contributed by atoms with E-state index in [1.165, 1.54) is 6.33 Å². The molecule has 1 aromatic heterocycles. The molecule has 0 bridgehead atoms. The van der Waals surface area contributed by atoms with E-state index >= 15 is 0 Å². The average molecular weight is 358 g/mol. The van der Waals surface area contributed by atoms with Gasteiger partial charge in [0.2, 0.25) is 0 Å². The first-order chi connectivity index (χ1) is 8.20. The maximum Gasteiger partial charge on any atom is 0.150 e. The molecule has 0 aliphatic rings. The summed E-state index contributed by atoms with van der Waals surface area (Å²) >= 11 is 6.85. The van der Waals surface area contributed by atoms with Crippen molar-refractivity contribution in [2.75, 3.05) is 17.7 Å². The van der Waals surface area contributed by atoms with Crippen LogP contribution in [0.15, 0.2) is 39.5 Å². The fourth-order valence-corrected chi connectivity index (χ4v) is 2.07. The van der Waals surface area contributed by atoms with Crippen LogP contribution in [0, 0.1) is 0 Å². The second kappa shape index (κ2) is 5.46. The summed E-state index contributed by atoms with van der Waals surface area (Å²) in [5.41, 5.74) is 0.967. The number of benzene rings is 1. The maximum absolute atomic E-state index is 4.18. The van der Waals surface area contributed by atoms with Gasteiger partial charge in [0.25, 0.3) is 0 Å². The molecule has 0 radical (unpaired) electrons. The Morgan fingerprint density at radius 1 is 1.00 bits per heavy atom. The van der Waals surface area contributed by atoms with Gasteiger partial charge in [-0.05, 0) is 40.2 Å². The Hall–Kier alpha value is -1.14. The molecule has 17 heavy (non-hydrogen) atoms.